The molecule has 24 heavy (non-hydrogen) atoms. The highest BCUT2D eigenvalue weighted by Crippen LogP contribution is 2.35. The molecule has 1 heterocycles. The summed E-state index contributed by atoms with van der Waals surface area (Å²) >= 11 is 12.6. The lowest BCUT2D eigenvalue weighted by Gasteiger charge is -2.24. The molecule has 0 spiro atoms. The van der Waals surface area contributed by atoms with E-state index in [0.717, 1.165) is 12.8 Å². The first-order chi connectivity index (χ1) is 11.7. The molecule has 0 bridgehead atoms. The molecular formula is C20H38Cl2O2. The van der Waals surface area contributed by atoms with Crippen molar-refractivity contribution in [2.45, 2.75) is 114 Å². The number of hydrogen-bond acceptors (Lipinski definition) is 2. The fourth-order valence-corrected chi connectivity index (χ4v) is 3.79. The van der Waals surface area contributed by atoms with Gasteiger partial charge in [-0.05, 0) is 6.42 Å². The normalized spacial score (nSPS) is 16.1. The zero-order valence-electron chi connectivity index (χ0n) is 15.7. The Bertz CT molecular complexity index is 279. The lowest BCUT2D eigenvalue weighted by molar-refractivity contribution is -0.0546. The van der Waals surface area contributed by atoms with Crippen molar-refractivity contribution in [2.24, 2.45) is 0 Å². The molecular weight excluding hydrogens is 343 g/mol. The molecule has 0 aromatic carbocycles. The summed E-state index contributed by atoms with van der Waals surface area (Å²) in [4.78, 5) is 0. The minimum Gasteiger partial charge on any atom is -0.347 e. The summed E-state index contributed by atoms with van der Waals surface area (Å²) in [6.07, 6.45) is 19.3. The van der Waals surface area contributed by atoms with E-state index in [1.807, 2.05) is 0 Å². The standard InChI is InChI=1S/C20H38Cl2O2/c1-2-3-4-5-6-7-8-9-10-11-12-13-14-15-16-20(21,22)19-23-17-18-24-19/h19H,2-18H2,1H3. The molecule has 4 heteroatoms. The average molecular weight is 381 g/mol. The first-order valence-corrected chi connectivity index (χ1v) is 11.0. The number of halogens is 2. The van der Waals surface area contributed by atoms with Gasteiger partial charge in [-0.15, -0.1) is 0 Å². The molecule has 0 saturated carbocycles. The molecule has 1 rings (SSSR count). The number of unbranched alkanes of at least 4 members (excludes halogenated alkanes) is 13. The number of ether oxygens (including phenoxy) is 2. The Hall–Kier alpha value is 0.500. The van der Waals surface area contributed by atoms with E-state index >= 15 is 0 Å². The molecule has 0 aliphatic carbocycles. The van der Waals surface area contributed by atoms with Gasteiger partial charge in [-0.25, -0.2) is 0 Å². The summed E-state index contributed by atoms with van der Waals surface area (Å²) in [5.74, 6) is 0. The van der Waals surface area contributed by atoms with Crippen LogP contribution in [0, 0.1) is 0 Å². The summed E-state index contributed by atoms with van der Waals surface area (Å²) in [7, 11) is 0. The van der Waals surface area contributed by atoms with E-state index in [0.29, 0.717) is 13.2 Å². The molecule has 1 aliphatic rings. The van der Waals surface area contributed by atoms with Gasteiger partial charge in [0.05, 0.1) is 13.2 Å². The molecule has 1 fully saturated rings. The Morgan fingerprint density at radius 1 is 0.667 bits per heavy atom. The fourth-order valence-electron chi connectivity index (χ4n) is 3.28. The van der Waals surface area contributed by atoms with Gasteiger partial charge in [-0.2, -0.15) is 0 Å². The zero-order valence-corrected chi connectivity index (χ0v) is 17.2. The van der Waals surface area contributed by atoms with E-state index in [-0.39, 0.29) is 0 Å². The highest BCUT2D eigenvalue weighted by atomic mass is 35.5. The minimum absolute atomic E-state index is 0.442. The number of alkyl halides is 2. The van der Waals surface area contributed by atoms with Crippen molar-refractivity contribution in [1.82, 2.24) is 0 Å². The first-order valence-electron chi connectivity index (χ1n) is 10.3. The van der Waals surface area contributed by atoms with E-state index in [2.05, 4.69) is 6.92 Å². The van der Waals surface area contributed by atoms with Gasteiger partial charge in [0, 0.05) is 0 Å². The van der Waals surface area contributed by atoms with Crippen LogP contribution in [0.25, 0.3) is 0 Å². The highest BCUT2D eigenvalue weighted by molar-refractivity contribution is 6.48. The van der Waals surface area contributed by atoms with Crippen molar-refractivity contribution in [3.8, 4) is 0 Å². The lowest BCUT2D eigenvalue weighted by atomic mass is 10.0. The SMILES string of the molecule is CCCCCCCCCCCCCCCCC(Cl)(Cl)C1OCCO1. The predicted octanol–water partition coefficient (Wildman–Crippen LogP) is 7.40. The predicted molar refractivity (Wildman–Crippen MR) is 105 cm³/mol. The van der Waals surface area contributed by atoms with Crippen LogP contribution in [0.5, 0.6) is 0 Å². The molecule has 144 valence electrons. The minimum atomic E-state index is -0.881. The van der Waals surface area contributed by atoms with E-state index in [1.165, 1.54) is 83.5 Å². The van der Waals surface area contributed by atoms with Crippen molar-refractivity contribution in [1.29, 1.82) is 0 Å². The second-order valence-corrected chi connectivity index (χ2v) is 8.72. The van der Waals surface area contributed by atoms with Crippen LogP contribution >= 0.6 is 23.2 Å². The average Bonchev–Trinajstić information content (AvgIpc) is 3.10. The van der Waals surface area contributed by atoms with Gasteiger partial charge < -0.3 is 9.47 Å². The van der Waals surface area contributed by atoms with Crippen LogP contribution in [-0.2, 0) is 9.47 Å². The molecule has 1 aliphatic heterocycles. The summed E-state index contributed by atoms with van der Waals surface area (Å²) < 4.78 is 9.92. The van der Waals surface area contributed by atoms with Gasteiger partial charge in [0.25, 0.3) is 0 Å². The third-order valence-corrected chi connectivity index (χ3v) is 5.56. The van der Waals surface area contributed by atoms with Gasteiger partial charge in [0.1, 0.15) is 0 Å². The van der Waals surface area contributed by atoms with Crippen molar-refractivity contribution < 1.29 is 9.47 Å². The maximum absolute atomic E-state index is 6.31. The van der Waals surface area contributed by atoms with Crippen molar-refractivity contribution in [3.05, 3.63) is 0 Å². The van der Waals surface area contributed by atoms with E-state index in [9.17, 15) is 0 Å². The largest absolute Gasteiger partial charge is 0.347 e. The summed E-state index contributed by atoms with van der Waals surface area (Å²) in [5.41, 5.74) is 0. The number of hydrogen-bond donors (Lipinski definition) is 0. The maximum Gasteiger partial charge on any atom is 0.190 e. The topological polar surface area (TPSA) is 18.5 Å². The molecule has 0 aromatic heterocycles. The van der Waals surface area contributed by atoms with Crippen LogP contribution in [0.3, 0.4) is 0 Å². The van der Waals surface area contributed by atoms with Gasteiger partial charge in [0.15, 0.2) is 10.6 Å². The summed E-state index contributed by atoms with van der Waals surface area (Å²) in [6.45, 7) is 3.48. The monoisotopic (exact) mass is 380 g/mol. The van der Waals surface area contributed by atoms with Gasteiger partial charge in [0.2, 0.25) is 0 Å². The maximum atomic E-state index is 6.31. The first kappa shape index (κ1) is 22.5. The molecule has 0 amide bonds. The molecule has 0 radical (unpaired) electrons. The summed E-state index contributed by atoms with van der Waals surface area (Å²) in [6, 6.07) is 0. The van der Waals surface area contributed by atoms with Gasteiger partial charge >= 0.3 is 0 Å². The van der Waals surface area contributed by atoms with Crippen LogP contribution in [0.2, 0.25) is 0 Å². The number of rotatable bonds is 16. The van der Waals surface area contributed by atoms with Crippen LogP contribution in [0.4, 0.5) is 0 Å². The van der Waals surface area contributed by atoms with Crippen molar-refractivity contribution in [2.75, 3.05) is 13.2 Å². The zero-order chi connectivity index (χ0) is 17.5. The third kappa shape index (κ3) is 11.2. The molecule has 2 nitrogen and oxygen atoms in total. The van der Waals surface area contributed by atoms with Crippen molar-refractivity contribution >= 4 is 23.2 Å². The van der Waals surface area contributed by atoms with E-state index < -0.39 is 10.6 Å². The second kappa shape index (κ2) is 14.6. The Morgan fingerprint density at radius 2 is 1.04 bits per heavy atom. The van der Waals surface area contributed by atoms with E-state index in [4.69, 9.17) is 32.7 Å². The quantitative estimate of drug-likeness (QED) is 0.205. The fraction of sp³-hybridized carbons (Fsp3) is 1.00. The Balaban J connectivity index is 1.79. The molecule has 0 atom stereocenters. The molecule has 0 aromatic rings. The Labute approximate surface area is 160 Å². The van der Waals surface area contributed by atoms with E-state index in [1.54, 1.807) is 0 Å². The molecule has 0 unspecified atom stereocenters. The summed E-state index contributed by atoms with van der Waals surface area (Å²) in [5, 5.41) is 0. The molecule has 1 saturated heterocycles. The smallest absolute Gasteiger partial charge is 0.190 e. The van der Waals surface area contributed by atoms with Crippen molar-refractivity contribution in [3.63, 3.8) is 0 Å². The van der Waals surface area contributed by atoms with Gasteiger partial charge in [-0.3, -0.25) is 0 Å². The lowest BCUT2D eigenvalue weighted by Crippen LogP contribution is -2.31. The van der Waals surface area contributed by atoms with Crippen LogP contribution in [-0.4, -0.2) is 23.8 Å². The third-order valence-electron chi connectivity index (χ3n) is 4.83. The van der Waals surface area contributed by atoms with Gasteiger partial charge in [-0.1, -0.05) is 120 Å². The van der Waals surface area contributed by atoms with Crippen LogP contribution in [0.15, 0.2) is 0 Å². The Morgan fingerprint density at radius 3 is 1.46 bits per heavy atom. The Kier molecular flexibility index (Phi) is 13.8. The molecule has 0 N–H and O–H groups in total. The highest BCUT2D eigenvalue weighted by Gasteiger charge is 2.38. The second-order valence-electron chi connectivity index (χ2n) is 7.18. The van der Waals surface area contributed by atoms with Crippen LogP contribution < -0.4 is 0 Å². The van der Waals surface area contributed by atoms with Crippen LogP contribution in [0.1, 0.15) is 103 Å².